The largest absolute Gasteiger partial charge is 0.411 e. The van der Waals surface area contributed by atoms with Crippen LogP contribution in [-0.2, 0) is 28.5 Å². The Morgan fingerprint density at radius 3 is 1.66 bits per heavy atom. The van der Waals surface area contributed by atoms with Gasteiger partial charge in [0.05, 0.1) is 18.9 Å². The minimum Gasteiger partial charge on any atom is -0.411 e. The topological polar surface area (TPSA) is 130 Å². The highest BCUT2D eigenvalue weighted by Gasteiger charge is 2.59. The van der Waals surface area contributed by atoms with Gasteiger partial charge in [0.25, 0.3) is 0 Å². The van der Waals surface area contributed by atoms with Crippen molar-refractivity contribution in [3.8, 4) is 0 Å². The van der Waals surface area contributed by atoms with Gasteiger partial charge in [-0.05, 0) is 151 Å². The van der Waals surface area contributed by atoms with Crippen LogP contribution in [0, 0.1) is 63.6 Å². The van der Waals surface area contributed by atoms with Crippen molar-refractivity contribution in [3.63, 3.8) is 0 Å². The standard InChI is InChI=1S/C11H17NO2.C11H19NO.C11H16O2.C7H10O.C4H8Br2O.ClH/c13-12-10-8-1-2-9(7-8)11(10)3-5-14-6-4-11;2*12-10-8-1-2-9(7-8)11(10)3-5-13-6-4-11;8-7-4-5-1-2-6(7)3-5;5-1-3-7-4-2-6;/h8-9,13H,1-7H2;8-10H,1-7,12H2;8-9H,1-7H2;5-6H,1-4H2;1-4H2;1H/b12-10-;;;;;/t8-,9+;8-,9+,10-;8-,9+;5-,6+;;/m1110../s1. The maximum Gasteiger partial charge on any atom is 0.142 e. The number of carbonyl (C=O) groups is 2. The van der Waals surface area contributed by atoms with Crippen LogP contribution >= 0.6 is 44.3 Å². The Kier molecular flexibility index (Phi) is 16.7. The number of ketones is 2. The number of nitrogens with zero attached hydrogens (tertiary/aromatic N) is 1. The van der Waals surface area contributed by atoms with E-state index in [-0.39, 0.29) is 23.2 Å². The van der Waals surface area contributed by atoms with Crippen molar-refractivity contribution >= 4 is 61.5 Å². The van der Waals surface area contributed by atoms with E-state index in [0.717, 1.165) is 125 Å². The number of Topliss-reactive ketones (excluding diaryl/α,β-unsaturated/α-hetero) is 2. The van der Waals surface area contributed by atoms with E-state index in [1.807, 2.05) is 0 Å². The van der Waals surface area contributed by atoms with E-state index in [9.17, 15) is 9.59 Å². The van der Waals surface area contributed by atoms with Gasteiger partial charge < -0.3 is 29.9 Å². The quantitative estimate of drug-likeness (QED) is 0.124. The number of alkyl halides is 2. The Bertz CT molecular complexity index is 1310. The van der Waals surface area contributed by atoms with Crippen LogP contribution in [0.15, 0.2) is 5.16 Å². The molecule has 8 bridgehead atoms. The van der Waals surface area contributed by atoms with Gasteiger partial charge in [-0.25, -0.2) is 0 Å². The van der Waals surface area contributed by atoms with E-state index in [2.05, 4.69) is 37.0 Å². The molecule has 0 aromatic heterocycles. The molecule has 8 aliphatic carbocycles. The number of hydrogen-bond acceptors (Lipinski definition) is 9. The van der Waals surface area contributed by atoms with Crippen molar-refractivity contribution in [2.24, 2.45) is 74.5 Å². The minimum atomic E-state index is 0. The lowest BCUT2D eigenvalue weighted by Gasteiger charge is -2.45. The zero-order valence-corrected chi connectivity index (χ0v) is 37.8. The molecular formula is C44H71Br2ClN2O7. The third-order valence-corrected chi connectivity index (χ3v) is 17.5. The van der Waals surface area contributed by atoms with Crippen molar-refractivity contribution in [2.45, 2.75) is 128 Å². The van der Waals surface area contributed by atoms with Gasteiger partial charge in [-0.1, -0.05) is 37.0 Å². The van der Waals surface area contributed by atoms with Crippen LogP contribution in [-0.4, -0.2) is 92.0 Å². The lowest BCUT2D eigenvalue weighted by Crippen LogP contribution is -2.49. The predicted octanol–water partition coefficient (Wildman–Crippen LogP) is 8.96. The monoisotopic (exact) mass is 932 g/mol. The van der Waals surface area contributed by atoms with Crippen molar-refractivity contribution in [1.82, 2.24) is 0 Å². The molecule has 11 rings (SSSR count). The lowest BCUT2D eigenvalue weighted by atomic mass is 9.65. The fraction of sp³-hybridized carbons (Fsp3) is 0.932. The molecule has 3 saturated heterocycles. The van der Waals surface area contributed by atoms with E-state index in [4.69, 9.17) is 29.9 Å². The summed E-state index contributed by atoms with van der Waals surface area (Å²) in [5, 5.41) is 14.6. The lowest BCUT2D eigenvalue weighted by molar-refractivity contribution is -0.138. The summed E-state index contributed by atoms with van der Waals surface area (Å²) < 4.78 is 21.3. The molecule has 56 heavy (non-hydrogen) atoms. The van der Waals surface area contributed by atoms with Crippen LogP contribution < -0.4 is 5.73 Å². The Morgan fingerprint density at radius 1 is 0.661 bits per heavy atom. The van der Waals surface area contributed by atoms with Gasteiger partial charge in [0, 0.05) is 91.3 Å². The molecule has 3 aliphatic heterocycles. The van der Waals surface area contributed by atoms with E-state index < -0.39 is 0 Å². The number of hydrogen-bond donors (Lipinski definition) is 2. The molecule has 0 aromatic carbocycles. The van der Waals surface area contributed by atoms with Gasteiger partial charge in [0.2, 0.25) is 0 Å². The minimum absolute atomic E-state index is 0. The first kappa shape index (κ1) is 45.4. The van der Waals surface area contributed by atoms with Crippen LogP contribution in [0.5, 0.6) is 0 Å². The van der Waals surface area contributed by atoms with Gasteiger partial charge in [-0.15, -0.1) is 12.4 Å². The molecular weight excluding hydrogens is 864 g/mol. The molecule has 9 atom stereocenters. The highest BCUT2D eigenvalue weighted by molar-refractivity contribution is 9.09. The van der Waals surface area contributed by atoms with Gasteiger partial charge in [0.15, 0.2) is 0 Å². The van der Waals surface area contributed by atoms with Crippen LogP contribution in [0.25, 0.3) is 0 Å². The summed E-state index contributed by atoms with van der Waals surface area (Å²) in [4.78, 5) is 22.9. The third kappa shape index (κ3) is 9.21. The van der Waals surface area contributed by atoms with E-state index in [1.165, 1.54) is 89.9 Å². The van der Waals surface area contributed by atoms with Gasteiger partial charge in [0.1, 0.15) is 11.6 Å². The van der Waals surface area contributed by atoms with Gasteiger partial charge in [-0.2, -0.15) is 0 Å². The van der Waals surface area contributed by atoms with Crippen molar-refractivity contribution in [2.75, 3.05) is 63.5 Å². The Labute approximate surface area is 359 Å². The third-order valence-electron chi connectivity index (χ3n) is 16.9. The maximum absolute atomic E-state index is 12.1. The normalized spacial score (nSPS) is 38.7. The zero-order valence-electron chi connectivity index (χ0n) is 33.8. The number of halogens is 3. The second kappa shape index (κ2) is 20.6. The molecule has 11 fully saturated rings. The van der Waals surface area contributed by atoms with Gasteiger partial charge in [-0.3, -0.25) is 9.59 Å². The molecule has 3 spiro atoms. The predicted molar refractivity (Wildman–Crippen MR) is 228 cm³/mol. The van der Waals surface area contributed by atoms with Gasteiger partial charge >= 0.3 is 0 Å². The first-order chi connectivity index (χ1) is 26.8. The Morgan fingerprint density at radius 2 is 1.20 bits per heavy atom. The smallest absolute Gasteiger partial charge is 0.142 e. The van der Waals surface area contributed by atoms with E-state index in [0.29, 0.717) is 46.7 Å². The summed E-state index contributed by atoms with van der Waals surface area (Å²) in [5.41, 5.74) is 8.30. The van der Waals surface area contributed by atoms with Crippen molar-refractivity contribution in [1.29, 1.82) is 0 Å². The summed E-state index contributed by atoms with van der Waals surface area (Å²) in [5.74, 6) is 6.74. The average Bonchev–Trinajstić information content (AvgIpc) is 4.10. The molecule has 0 aromatic rings. The molecule has 11 aliphatic rings. The highest BCUT2D eigenvalue weighted by atomic mass is 79.9. The zero-order chi connectivity index (χ0) is 38.5. The highest BCUT2D eigenvalue weighted by Crippen LogP contribution is 2.60. The fourth-order valence-corrected chi connectivity index (χ4v) is 14.4. The number of ether oxygens (including phenoxy) is 4. The number of rotatable bonds is 4. The molecule has 320 valence electrons. The average molecular weight is 935 g/mol. The number of oxime groups is 1. The maximum atomic E-state index is 12.1. The van der Waals surface area contributed by atoms with Crippen LogP contribution in [0.3, 0.4) is 0 Å². The molecule has 9 nitrogen and oxygen atoms in total. The van der Waals surface area contributed by atoms with Crippen molar-refractivity contribution < 1.29 is 33.7 Å². The molecule has 12 heteroatoms. The Balaban J connectivity index is 0.000000121. The van der Waals surface area contributed by atoms with E-state index >= 15 is 0 Å². The summed E-state index contributed by atoms with van der Waals surface area (Å²) in [6.45, 7) is 6.86. The summed E-state index contributed by atoms with van der Waals surface area (Å²) in [7, 11) is 0. The van der Waals surface area contributed by atoms with Crippen LogP contribution in [0.4, 0.5) is 0 Å². The molecule has 8 saturated carbocycles. The van der Waals surface area contributed by atoms with E-state index in [1.54, 1.807) is 0 Å². The molecule has 0 amide bonds. The molecule has 3 heterocycles. The second-order valence-corrected chi connectivity index (χ2v) is 20.6. The SMILES string of the molecule is BrCCOCCBr.Cl.N[C@@H]1[C@@H]2CC[C@@H](C2)C12CCOCC2.O/N=C1/[C@@H]2CC[C@@H](C2)C12CCOCC2.O=C1C[C@H]2CC[C@@H]1C2.O=C1[C@@H]2CC[C@@H](C2)C12CCOCC2. The summed E-state index contributed by atoms with van der Waals surface area (Å²) >= 11 is 6.48. The number of fused-ring (bicyclic) bond motifs is 11. The molecule has 3 N–H and O–H groups in total. The van der Waals surface area contributed by atoms with Crippen LogP contribution in [0.1, 0.15) is 122 Å². The van der Waals surface area contributed by atoms with Crippen molar-refractivity contribution in [3.05, 3.63) is 0 Å². The fourth-order valence-electron chi connectivity index (χ4n) is 14.0. The van der Waals surface area contributed by atoms with Crippen LogP contribution in [0.2, 0.25) is 0 Å². The molecule has 0 radical (unpaired) electrons. The summed E-state index contributed by atoms with van der Waals surface area (Å²) in [6, 6.07) is 0.496. The Hall–Kier alpha value is -0.140. The number of nitrogens with two attached hydrogens (primary N) is 1. The second-order valence-electron chi connectivity index (χ2n) is 19.0. The number of carbonyl (C=O) groups excluding carboxylic acids is 2. The molecule has 0 unspecified atom stereocenters. The summed E-state index contributed by atoms with van der Waals surface area (Å²) in [6.07, 6.45) is 23.1. The first-order valence-corrected chi connectivity index (χ1v) is 24.5. The first-order valence-electron chi connectivity index (χ1n) is 22.3.